The van der Waals surface area contributed by atoms with Gasteiger partial charge in [0.25, 0.3) is 0 Å². The maximum atomic E-state index is 11.9. The molecular formula is C30H48NO6P. The smallest absolute Gasteiger partial charge is 0.331 e. The summed E-state index contributed by atoms with van der Waals surface area (Å²) in [4.78, 5) is 11.9. The summed E-state index contributed by atoms with van der Waals surface area (Å²) in [5.74, 6) is 0.0266. The third kappa shape index (κ3) is 10.0. The molecule has 8 atom stereocenters. The van der Waals surface area contributed by atoms with Gasteiger partial charge in [-0.1, -0.05) is 62.6 Å². The Bertz CT molecular complexity index is 839. The molecule has 8 heteroatoms. The number of nitrogens with one attached hydrogen (secondary N) is 1. The zero-order valence-corrected chi connectivity index (χ0v) is 23.9. The molecule has 3 rings (SSSR count). The van der Waals surface area contributed by atoms with E-state index in [-0.39, 0.29) is 24.4 Å². The molecule has 0 radical (unpaired) electrons. The fourth-order valence-corrected chi connectivity index (χ4v) is 6.15. The molecule has 0 spiro atoms. The van der Waals surface area contributed by atoms with E-state index >= 15 is 0 Å². The Kier molecular flexibility index (Phi) is 13.2. The van der Waals surface area contributed by atoms with E-state index in [0.29, 0.717) is 24.9 Å². The van der Waals surface area contributed by atoms with Crippen molar-refractivity contribution in [1.29, 1.82) is 0 Å². The van der Waals surface area contributed by atoms with E-state index in [1.54, 1.807) is 18.2 Å². The molecule has 8 unspecified atom stereocenters. The molecule has 2 fully saturated rings. The average Bonchev–Trinajstić information content (AvgIpc) is 3.42. The van der Waals surface area contributed by atoms with Crippen LogP contribution in [0.5, 0.6) is 0 Å². The minimum absolute atomic E-state index is 0.0470. The summed E-state index contributed by atoms with van der Waals surface area (Å²) in [6.45, 7) is 2.65. The molecular weight excluding hydrogens is 501 g/mol. The van der Waals surface area contributed by atoms with Crippen molar-refractivity contribution in [2.24, 2.45) is 11.8 Å². The highest BCUT2D eigenvalue weighted by Crippen LogP contribution is 2.29. The van der Waals surface area contributed by atoms with Gasteiger partial charge in [0.05, 0.1) is 18.3 Å². The Hall–Kier alpha value is -1.34. The van der Waals surface area contributed by atoms with Gasteiger partial charge in [-0.15, -0.1) is 0 Å². The molecule has 7 nitrogen and oxygen atoms in total. The van der Waals surface area contributed by atoms with Gasteiger partial charge in [0, 0.05) is 33.9 Å². The first-order valence-electron chi connectivity index (χ1n) is 14.4. The highest BCUT2D eigenvalue weighted by atomic mass is 31.0. The molecule has 0 aromatic heterocycles. The molecule has 3 aliphatic rings. The van der Waals surface area contributed by atoms with Crippen LogP contribution in [0.2, 0.25) is 0 Å². The van der Waals surface area contributed by atoms with Gasteiger partial charge in [-0.05, 0) is 63.5 Å². The first kappa shape index (κ1) is 31.2. The van der Waals surface area contributed by atoms with Crippen molar-refractivity contribution in [3.8, 4) is 0 Å². The highest BCUT2D eigenvalue weighted by Gasteiger charge is 2.37. The number of carbonyl (C=O) groups is 1. The second-order valence-corrected chi connectivity index (χ2v) is 11.4. The number of ether oxygens (including phenoxy) is 1. The molecule has 2 aliphatic carbocycles. The number of esters is 1. The van der Waals surface area contributed by atoms with Gasteiger partial charge in [0.2, 0.25) is 0 Å². The number of aliphatic hydroxyl groups is 3. The Morgan fingerprint density at radius 2 is 2.00 bits per heavy atom. The van der Waals surface area contributed by atoms with Crippen LogP contribution in [0.4, 0.5) is 0 Å². The van der Waals surface area contributed by atoms with Gasteiger partial charge in [-0.3, -0.25) is 0 Å². The van der Waals surface area contributed by atoms with E-state index < -0.39 is 23.9 Å². The minimum Gasteiger partial charge on any atom is -0.454 e. The van der Waals surface area contributed by atoms with E-state index in [1.807, 2.05) is 25.2 Å². The largest absolute Gasteiger partial charge is 0.454 e. The third-order valence-electron chi connectivity index (χ3n) is 8.21. The summed E-state index contributed by atoms with van der Waals surface area (Å²) in [5, 5.41) is 36.0. The predicted molar refractivity (Wildman–Crippen MR) is 153 cm³/mol. The van der Waals surface area contributed by atoms with Crippen molar-refractivity contribution in [3.63, 3.8) is 0 Å². The number of hydrogen-bond acceptors (Lipinski definition) is 7. The summed E-state index contributed by atoms with van der Waals surface area (Å²) in [5.41, 5.74) is -1.37. The molecule has 214 valence electrons. The van der Waals surface area contributed by atoms with Crippen molar-refractivity contribution in [2.45, 2.75) is 114 Å². The molecule has 0 aromatic rings. The normalized spacial score (nSPS) is 30.3. The van der Waals surface area contributed by atoms with E-state index in [2.05, 4.69) is 20.9 Å². The summed E-state index contributed by atoms with van der Waals surface area (Å²) in [7, 11) is 2.24. The lowest BCUT2D eigenvalue weighted by Crippen LogP contribution is -2.46. The number of rotatable bonds is 14. The van der Waals surface area contributed by atoms with Crippen molar-refractivity contribution in [2.75, 3.05) is 6.54 Å². The molecule has 0 amide bonds. The monoisotopic (exact) mass is 549 g/mol. The van der Waals surface area contributed by atoms with Gasteiger partial charge in [-0.2, -0.15) is 0 Å². The van der Waals surface area contributed by atoms with Crippen LogP contribution >= 0.6 is 9.47 Å². The average molecular weight is 550 g/mol. The highest BCUT2D eigenvalue weighted by molar-refractivity contribution is 7.09. The van der Waals surface area contributed by atoms with Crippen LogP contribution in [0.1, 0.15) is 77.6 Å². The standard InChI is InChI=1S/C30H48NO6P/c1-2-23-14-15-29(34)36-27(23)16-17-30(35,18-19-31-24-10-4-5-11-24)28(37-38)21-26(33)12-6-3-8-22-9-7-13-25(32)20-22/h3,6,8,12,14-17,22-28,31-33,35H,2,4-5,7,9-11,13,18-21,38H2,1H3. The molecule has 4 N–H and O–H groups in total. The molecule has 1 aliphatic heterocycles. The Labute approximate surface area is 230 Å². The number of aliphatic hydroxyl groups excluding tert-OH is 2. The molecule has 1 heterocycles. The maximum absolute atomic E-state index is 11.9. The maximum Gasteiger partial charge on any atom is 0.331 e. The lowest BCUT2D eigenvalue weighted by Gasteiger charge is -2.35. The van der Waals surface area contributed by atoms with Crippen LogP contribution in [0.15, 0.2) is 48.6 Å². The quantitative estimate of drug-likeness (QED) is 0.111. The summed E-state index contributed by atoms with van der Waals surface area (Å²) >= 11 is 0. The molecule has 38 heavy (non-hydrogen) atoms. The van der Waals surface area contributed by atoms with Crippen molar-refractivity contribution >= 4 is 15.4 Å². The summed E-state index contributed by atoms with van der Waals surface area (Å²) in [6.07, 6.45) is 22.1. The van der Waals surface area contributed by atoms with Crippen molar-refractivity contribution in [1.82, 2.24) is 5.32 Å². The minimum atomic E-state index is -1.37. The Morgan fingerprint density at radius 3 is 2.71 bits per heavy atom. The molecule has 0 aromatic carbocycles. The molecule has 2 saturated carbocycles. The van der Waals surface area contributed by atoms with E-state index in [0.717, 1.165) is 44.9 Å². The van der Waals surface area contributed by atoms with Gasteiger partial charge in [0.15, 0.2) is 0 Å². The summed E-state index contributed by atoms with van der Waals surface area (Å²) < 4.78 is 11.2. The van der Waals surface area contributed by atoms with Crippen molar-refractivity contribution < 1.29 is 29.4 Å². The molecule has 0 bridgehead atoms. The number of cyclic esters (lactones) is 1. The van der Waals surface area contributed by atoms with Crippen LogP contribution in [0, 0.1) is 11.8 Å². The van der Waals surface area contributed by atoms with Gasteiger partial charge < -0.3 is 29.9 Å². The van der Waals surface area contributed by atoms with Crippen LogP contribution in [0.3, 0.4) is 0 Å². The van der Waals surface area contributed by atoms with Crippen molar-refractivity contribution in [3.05, 3.63) is 48.6 Å². The number of hydrogen-bond donors (Lipinski definition) is 4. The van der Waals surface area contributed by atoms with E-state index in [4.69, 9.17) is 9.26 Å². The third-order valence-corrected chi connectivity index (χ3v) is 8.53. The van der Waals surface area contributed by atoms with Crippen LogP contribution < -0.4 is 5.32 Å². The van der Waals surface area contributed by atoms with Gasteiger partial charge >= 0.3 is 5.97 Å². The second-order valence-electron chi connectivity index (χ2n) is 11.1. The van der Waals surface area contributed by atoms with Crippen LogP contribution in [-0.4, -0.2) is 63.9 Å². The lowest BCUT2D eigenvalue weighted by atomic mass is 9.86. The zero-order valence-electron chi connectivity index (χ0n) is 22.8. The number of carbonyl (C=O) groups excluding carboxylic acids is 1. The predicted octanol–water partition coefficient (Wildman–Crippen LogP) is 4.29. The number of allylic oxidation sites excluding steroid dienone is 3. The van der Waals surface area contributed by atoms with E-state index in [9.17, 15) is 20.1 Å². The Balaban J connectivity index is 1.65. The second kappa shape index (κ2) is 16.1. The molecule has 0 saturated heterocycles. The summed E-state index contributed by atoms with van der Waals surface area (Å²) in [6, 6.07) is 0.470. The van der Waals surface area contributed by atoms with E-state index in [1.165, 1.54) is 18.9 Å². The fraction of sp³-hybridized carbons (Fsp3) is 0.700. The fourth-order valence-electron chi connectivity index (χ4n) is 5.81. The van der Waals surface area contributed by atoms with Crippen LogP contribution in [0.25, 0.3) is 0 Å². The topological polar surface area (TPSA) is 108 Å². The van der Waals surface area contributed by atoms with Crippen LogP contribution in [-0.2, 0) is 14.1 Å². The van der Waals surface area contributed by atoms with Gasteiger partial charge in [0.1, 0.15) is 11.7 Å². The lowest BCUT2D eigenvalue weighted by molar-refractivity contribution is -0.143. The first-order valence-corrected chi connectivity index (χ1v) is 14.9. The first-order chi connectivity index (χ1) is 18.3. The zero-order chi connectivity index (χ0) is 27.4. The SMILES string of the molecule is CCC1C=CC(=O)OC1C=CC(O)(CCNC1CCCC1)C(CC(O)C=CC=CC1CCCC(O)C1)OP. The van der Waals surface area contributed by atoms with Gasteiger partial charge in [-0.25, -0.2) is 4.79 Å². The Morgan fingerprint density at radius 1 is 1.21 bits per heavy atom.